The van der Waals surface area contributed by atoms with Gasteiger partial charge in [0, 0.05) is 17.0 Å². The van der Waals surface area contributed by atoms with Crippen molar-refractivity contribution in [2.45, 2.75) is 76.6 Å². The fraction of sp³-hybridized carbons (Fsp3) is 0.406. The van der Waals surface area contributed by atoms with Crippen LogP contribution in [-0.4, -0.2) is 13.3 Å². The summed E-state index contributed by atoms with van der Waals surface area (Å²) in [6.45, 7) is 11.7. The van der Waals surface area contributed by atoms with E-state index in [1.165, 1.54) is 59.1 Å². The molecule has 0 radical (unpaired) electrons. The van der Waals surface area contributed by atoms with Crippen LogP contribution in [0.2, 0.25) is 18.1 Å². The van der Waals surface area contributed by atoms with Gasteiger partial charge in [-0.3, -0.25) is 0 Å². The maximum atomic E-state index is 7.24. The van der Waals surface area contributed by atoms with Crippen LogP contribution in [0.5, 0.6) is 0 Å². The molecule has 1 aromatic heterocycles. The van der Waals surface area contributed by atoms with E-state index in [-0.39, 0.29) is 11.1 Å². The van der Waals surface area contributed by atoms with Crippen LogP contribution in [0.15, 0.2) is 54.6 Å². The van der Waals surface area contributed by atoms with Gasteiger partial charge in [-0.1, -0.05) is 81.3 Å². The van der Waals surface area contributed by atoms with Crippen LogP contribution in [0.1, 0.15) is 80.9 Å². The Morgan fingerprint density at radius 2 is 1.57 bits per heavy atom. The van der Waals surface area contributed by atoms with Gasteiger partial charge in [0.25, 0.3) is 0 Å². The average Bonchev–Trinajstić information content (AvgIpc) is 3.75. The van der Waals surface area contributed by atoms with E-state index in [4.69, 9.17) is 9.41 Å². The van der Waals surface area contributed by atoms with E-state index in [0.717, 1.165) is 11.4 Å². The van der Waals surface area contributed by atoms with E-state index < -0.39 is 8.32 Å². The minimum Gasteiger partial charge on any atom is -0.406 e. The Kier molecular flexibility index (Phi) is 5.33. The number of aromatic nitrogens is 1. The summed E-state index contributed by atoms with van der Waals surface area (Å²) in [5, 5.41) is 0.125. The van der Waals surface area contributed by atoms with Gasteiger partial charge in [-0.25, -0.2) is 4.98 Å². The Morgan fingerprint density at radius 1 is 0.886 bits per heavy atom. The zero-order valence-electron chi connectivity index (χ0n) is 21.6. The Labute approximate surface area is 211 Å². The maximum Gasteiger partial charge on any atom is 0.193 e. The van der Waals surface area contributed by atoms with Crippen molar-refractivity contribution in [1.82, 2.24) is 4.98 Å². The molecule has 1 unspecified atom stereocenters. The van der Waals surface area contributed by atoms with Gasteiger partial charge in [-0.15, -0.1) is 0 Å². The number of rotatable bonds is 4. The molecule has 3 aromatic rings. The van der Waals surface area contributed by atoms with Gasteiger partial charge in [0.2, 0.25) is 0 Å². The van der Waals surface area contributed by atoms with Crippen LogP contribution in [0, 0.1) is 17.8 Å². The number of benzene rings is 2. The predicted octanol–water partition coefficient (Wildman–Crippen LogP) is 8.48. The summed E-state index contributed by atoms with van der Waals surface area (Å²) in [5.74, 6) is 8.18. The van der Waals surface area contributed by atoms with Crippen LogP contribution in [0.4, 0.5) is 0 Å². The molecule has 0 N–H and O–H groups in total. The molecule has 3 aliphatic rings. The molecular formula is C32H35NOSi. The number of pyridine rings is 1. The molecular weight excluding hydrogens is 442 g/mol. The van der Waals surface area contributed by atoms with Crippen molar-refractivity contribution < 1.29 is 4.43 Å². The molecule has 0 saturated heterocycles. The predicted molar refractivity (Wildman–Crippen MR) is 147 cm³/mol. The summed E-state index contributed by atoms with van der Waals surface area (Å²) in [7, 11) is -2.05. The van der Waals surface area contributed by atoms with Gasteiger partial charge < -0.3 is 4.43 Å². The van der Waals surface area contributed by atoms with Crippen LogP contribution in [-0.2, 0) is 4.43 Å². The number of fused-ring (bicyclic) bond motifs is 3. The standard InChI is InChI=1S/C32H35NOSi/c1-32(2,3)35(4,5)34-31-25-14-10-9-13-24(25)30-29(31)28(22-11-7-6-8-12-22)27(23-18-19-23)26(33-30)20-17-21-15-16-21/h6-14,21,23,31H,15-16,18-19H2,1-5H3. The van der Waals surface area contributed by atoms with Crippen LogP contribution < -0.4 is 0 Å². The molecule has 2 nitrogen and oxygen atoms in total. The molecule has 0 amide bonds. The van der Waals surface area contributed by atoms with Crippen LogP contribution in [0.3, 0.4) is 0 Å². The molecule has 2 aromatic carbocycles. The van der Waals surface area contributed by atoms with Gasteiger partial charge in [0.1, 0.15) is 5.69 Å². The van der Waals surface area contributed by atoms with E-state index in [9.17, 15) is 0 Å². The van der Waals surface area contributed by atoms with Crippen molar-refractivity contribution in [2.75, 3.05) is 0 Å². The molecule has 178 valence electrons. The van der Waals surface area contributed by atoms with Gasteiger partial charge in [-0.05, 0) is 77.9 Å². The lowest BCUT2D eigenvalue weighted by molar-refractivity contribution is 0.226. The molecule has 2 fully saturated rings. The molecule has 2 saturated carbocycles. The maximum absolute atomic E-state index is 7.24. The van der Waals surface area contributed by atoms with Gasteiger partial charge in [0.05, 0.1) is 11.8 Å². The Balaban J connectivity index is 1.64. The molecule has 3 heteroatoms. The Hall–Kier alpha value is -2.67. The summed E-state index contributed by atoms with van der Waals surface area (Å²) in [6.07, 6.45) is 4.81. The molecule has 0 bridgehead atoms. The Bertz CT molecular complexity index is 1350. The number of nitrogens with zero attached hydrogens (tertiary/aromatic N) is 1. The molecule has 35 heavy (non-hydrogen) atoms. The monoisotopic (exact) mass is 477 g/mol. The topological polar surface area (TPSA) is 22.1 Å². The zero-order valence-corrected chi connectivity index (χ0v) is 22.6. The highest BCUT2D eigenvalue weighted by atomic mass is 28.4. The van der Waals surface area contributed by atoms with E-state index in [0.29, 0.717) is 11.8 Å². The molecule has 1 atom stereocenters. The SMILES string of the molecule is CC(C)(C)[Si](C)(C)OC1c2ccccc2-c2nc(C#CC3CC3)c(C3CC3)c(-c3ccccc3)c21. The minimum absolute atomic E-state index is 0.0901. The van der Waals surface area contributed by atoms with E-state index >= 15 is 0 Å². The summed E-state index contributed by atoms with van der Waals surface area (Å²) in [5.41, 5.74) is 9.76. The lowest BCUT2D eigenvalue weighted by Gasteiger charge is -2.39. The largest absolute Gasteiger partial charge is 0.406 e. The second-order valence-corrected chi connectivity index (χ2v) is 16.8. The van der Waals surface area contributed by atoms with Crippen molar-refractivity contribution in [1.29, 1.82) is 0 Å². The second kappa shape index (κ2) is 8.19. The van der Waals surface area contributed by atoms with Gasteiger partial charge >= 0.3 is 0 Å². The molecule has 1 heterocycles. The third-order valence-electron chi connectivity index (χ3n) is 8.27. The van der Waals surface area contributed by atoms with Gasteiger partial charge in [-0.2, -0.15) is 0 Å². The van der Waals surface area contributed by atoms with E-state index in [1.807, 2.05) is 0 Å². The average molecular weight is 478 g/mol. The van der Waals surface area contributed by atoms with Gasteiger partial charge in [0.15, 0.2) is 8.32 Å². The summed E-state index contributed by atoms with van der Waals surface area (Å²) in [6, 6.07) is 19.7. The van der Waals surface area contributed by atoms with Crippen LogP contribution >= 0.6 is 0 Å². The molecule has 3 aliphatic carbocycles. The van der Waals surface area contributed by atoms with Crippen LogP contribution in [0.25, 0.3) is 22.4 Å². The first-order valence-corrected chi connectivity index (χ1v) is 16.1. The molecule has 6 rings (SSSR count). The normalized spacial score (nSPS) is 19.1. The second-order valence-electron chi connectivity index (χ2n) is 12.0. The molecule has 0 aliphatic heterocycles. The third kappa shape index (κ3) is 4.07. The number of hydrogen-bond donors (Lipinski definition) is 0. The first-order chi connectivity index (χ1) is 16.7. The quantitative estimate of drug-likeness (QED) is 0.278. The summed E-state index contributed by atoms with van der Waals surface area (Å²) < 4.78 is 7.24. The number of hydrogen-bond acceptors (Lipinski definition) is 2. The highest BCUT2D eigenvalue weighted by Gasteiger charge is 2.45. The van der Waals surface area contributed by atoms with Crippen molar-refractivity contribution in [3.8, 4) is 34.2 Å². The molecule has 0 spiro atoms. The first kappa shape index (κ1) is 22.8. The first-order valence-electron chi connectivity index (χ1n) is 13.2. The fourth-order valence-corrected chi connectivity index (χ4v) is 6.13. The lowest BCUT2D eigenvalue weighted by atomic mass is 9.89. The lowest BCUT2D eigenvalue weighted by Crippen LogP contribution is -2.41. The Morgan fingerprint density at radius 3 is 2.23 bits per heavy atom. The van der Waals surface area contributed by atoms with E-state index in [2.05, 4.69) is 100 Å². The fourth-order valence-electron chi connectivity index (χ4n) is 4.94. The minimum atomic E-state index is -2.05. The van der Waals surface area contributed by atoms with Crippen molar-refractivity contribution >= 4 is 8.32 Å². The highest BCUT2D eigenvalue weighted by Crippen LogP contribution is 2.56. The zero-order chi connectivity index (χ0) is 24.4. The van der Waals surface area contributed by atoms with Crippen molar-refractivity contribution in [3.63, 3.8) is 0 Å². The van der Waals surface area contributed by atoms with Crippen molar-refractivity contribution in [3.05, 3.63) is 77.0 Å². The summed E-state index contributed by atoms with van der Waals surface area (Å²) >= 11 is 0. The summed E-state index contributed by atoms with van der Waals surface area (Å²) in [4.78, 5) is 5.35. The smallest absolute Gasteiger partial charge is 0.193 e. The third-order valence-corrected chi connectivity index (χ3v) is 12.7. The highest BCUT2D eigenvalue weighted by molar-refractivity contribution is 6.74. The van der Waals surface area contributed by atoms with E-state index in [1.54, 1.807) is 0 Å². The van der Waals surface area contributed by atoms with Crippen molar-refractivity contribution in [2.24, 2.45) is 5.92 Å².